The van der Waals surface area contributed by atoms with Crippen molar-refractivity contribution in [1.82, 2.24) is 0 Å². The molecule has 3 rings (SSSR count). The average Bonchev–Trinajstić information content (AvgIpc) is 2.61. The smallest absolute Gasteiger partial charge is 0.345 e. The number of fused-ring (bicyclic) bond motifs is 1. The van der Waals surface area contributed by atoms with Crippen LogP contribution in [0.1, 0.15) is 11.1 Å². The van der Waals surface area contributed by atoms with Crippen LogP contribution in [-0.4, -0.2) is 24.3 Å². The minimum absolute atomic E-state index is 0.229. The van der Waals surface area contributed by atoms with Gasteiger partial charge < -0.3 is 14.6 Å². The molecule has 1 atom stereocenters. The second-order valence-electron chi connectivity index (χ2n) is 5.97. The van der Waals surface area contributed by atoms with E-state index in [1.54, 1.807) is 13.2 Å². The Morgan fingerprint density at radius 2 is 1.80 bits per heavy atom. The normalized spacial score (nSPS) is 11.9. The number of benzene rings is 3. The van der Waals surface area contributed by atoms with E-state index in [4.69, 9.17) is 9.47 Å². The molecule has 0 aliphatic heterocycles. The molecular weight excluding hydrogens is 316 g/mol. The van der Waals surface area contributed by atoms with Gasteiger partial charge in [-0.2, -0.15) is 0 Å². The van der Waals surface area contributed by atoms with Gasteiger partial charge in [0, 0.05) is 6.42 Å². The summed E-state index contributed by atoms with van der Waals surface area (Å²) in [5, 5.41) is 11.7. The van der Waals surface area contributed by atoms with Crippen molar-refractivity contribution in [2.24, 2.45) is 0 Å². The quantitative estimate of drug-likeness (QED) is 0.732. The lowest BCUT2D eigenvalue weighted by molar-refractivity contribution is -0.145. The molecule has 128 valence electrons. The first-order chi connectivity index (χ1) is 12.1. The summed E-state index contributed by atoms with van der Waals surface area (Å²) >= 11 is 0. The largest absolute Gasteiger partial charge is 0.496 e. The minimum atomic E-state index is -1.00. The van der Waals surface area contributed by atoms with E-state index in [0.717, 1.165) is 21.9 Å². The van der Waals surface area contributed by atoms with Crippen LogP contribution < -0.4 is 9.47 Å². The van der Waals surface area contributed by atoms with Crippen LogP contribution in [0, 0.1) is 6.92 Å². The Bertz CT molecular complexity index is 901. The van der Waals surface area contributed by atoms with Crippen molar-refractivity contribution >= 4 is 16.7 Å². The molecule has 0 fully saturated rings. The van der Waals surface area contributed by atoms with E-state index in [2.05, 4.69) is 0 Å². The van der Waals surface area contributed by atoms with E-state index in [1.807, 2.05) is 61.5 Å². The number of hydrogen-bond acceptors (Lipinski definition) is 3. The zero-order valence-electron chi connectivity index (χ0n) is 14.2. The van der Waals surface area contributed by atoms with Crippen molar-refractivity contribution in [3.05, 3.63) is 71.8 Å². The lowest BCUT2D eigenvalue weighted by Crippen LogP contribution is -2.29. The number of aryl methyl sites for hydroxylation is 1. The number of rotatable bonds is 6. The monoisotopic (exact) mass is 336 g/mol. The second-order valence-corrected chi connectivity index (χ2v) is 5.97. The third-order valence-corrected chi connectivity index (χ3v) is 4.12. The SMILES string of the molecule is COc1ccc(C)cc1C[C@@H](Oc1ccc2ccccc2c1)C(=O)O. The Morgan fingerprint density at radius 3 is 2.52 bits per heavy atom. The van der Waals surface area contributed by atoms with E-state index >= 15 is 0 Å². The van der Waals surface area contributed by atoms with Crippen LogP contribution in [0.2, 0.25) is 0 Å². The van der Waals surface area contributed by atoms with Crippen molar-refractivity contribution in [2.75, 3.05) is 7.11 Å². The van der Waals surface area contributed by atoms with Crippen LogP contribution in [0.25, 0.3) is 10.8 Å². The van der Waals surface area contributed by atoms with E-state index in [0.29, 0.717) is 11.5 Å². The number of aliphatic carboxylic acids is 1. The molecular formula is C21H20O4. The van der Waals surface area contributed by atoms with Crippen LogP contribution in [-0.2, 0) is 11.2 Å². The van der Waals surface area contributed by atoms with E-state index in [-0.39, 0.29) is 6.42 Å². The number of methoxy groups -OCH3 is 1. The van der Waals surface area contributed by atoms with Crippen LogP contribution in [0.3, 0.4) is 0 Å². The summed E-state index contributed by atoms with van der Waals surface area (Å²) in [5.41, 5.74) is 1.86. The Morgan fingerprint density at radius 1 is 1.04 bits per heavy atom. The topological polar surface area (TPSA) is 55.8 Å². The van der Waals surface area contributed by atoms with Crippen LogP contribution in [0.5, 0.6) is 11.5 Å². The molecule has 0 radical (unpaired) electrons. The fourth-order valence-electron chi connectivity index (χ4n) is 2.85. The van der Waals surface area contributed by atoms with Gasteiger partial charge in [0.1, 0.15) is 11.5 Å². The Balaban J connectivity index is 1.86. The zero-order chi connectivity index (χ0) is 17.8. The molecule has 0 aromatic heterocycles. The lowest BCUT2D eigenvalue weighted by atomic mass is 10.0. The Labute approximate surface area is 146 Å². The van der Waals surface area contributed by atoms with Gasteiger partial charge in [-0.05, 0) is 41.5 Å². The average molecular weight is 336 g/mol. The van der Waals surface area contributed by atoms with Crippen molar-refractivity contribution in [2.45, 2.75) is 19.4 Å². The van der Waals surface area contributed by atoms with Crippen molar-refractivity contribution < 1.29 is 19.4 Å². The summed E-state index contributed by atoms with van der Waals surface area (Å²) in [7, 11) is 1.58. The van der Waals surface area contributed by atoms with Gasteiger partial charge >= 0.3 is 5.97 Å². The first-order valence-electron chi connectivity index (χ1n) is 8.08. The Hall–Kier alpha value is -3.01. The summed E-state index contributed by atoms with van der Waals surface area (Å²) in [6, 6.07) is 19.2. The first kappa shape index (κ1) is 16.8. The molecule has 0 spiro atoms. The van der Waals surface area contributed by atoms with Crippen molar-refractivity contribution in [3.8, 4) is 11.5 Å². The third kappa shape index (κ3) is 3.91. The predicted molar refractivity (Wildman–Crippen MR) is 97.4 cm³/mol. The number of ether oxygens (including phenoxy) is 2. The fourth-order valence-corrected chi connectivity index (χ4v) is 2.85. The lowest BCUT2D eigenvalue weighted by Gasteiger charge is -2.17. The highest BCUT2D eigenvalue weighted by atomic mass is 16.5. The molecule has 1 N–H and O–H groups in total. The van der Waals surface area contributed by atoms with Gasteiger partial charge in [-0.3, -0.25) is 0 Å². The van der Waals surface area contributed by atoms with Gasteiger partial charge in [0.2, 0.25) is 0 Å². The molecule has 25 heavy (non-hydrogen) atoms. The molecule has 4 heteroatoms. The summed E-state index contributed by atoms with van der Waals surface area (Å²) < 4.78 is 11.1. The molecule has 0 saturated carbocycles. The standard InChI is InChI=1S/C21H20O4/c1-14-7-10-19(24-2)17(11-14)13-20(21(22)23)25-18-9-8-15-5-3-4-6-16(15)12-18/h3-12,20H,13H2,1-2H3,(H,22,23)/t20-/m1/s1. The summed E-state index contributed by atoms with van der Waals surface area (Å²) in [5.74, 6) is 0.202. The van der Waals surface area contributed by atoms with E-state index < -0.39 is 12.1 Å². The first-order valence-corrected chi connectivity index (χ1v) is 8.08. The van der Waals surface area contributed by atoms with Gasteiger partial charge in [0.25, 0.3) is 0 Å². The third-order valence-electron chi connectivity index (χ3n) is 4.12. The number of carboxylic acid groups (broad SMARTS) is 1. The molecule has 3 aromatic rings. The van der Waals surface area contributed by atoms with Crippen LogP contribution >= 0.6 is 0 Å². The summed E-state index contributed by atoms with van der Waals surface area (Å²) in [4.78, 5) is 11.7. The highest BCUT2D eigenvalue weighted by Crippen LogP contribution is 2.25. The number of carboxylic acids is 1. The summed E-state index contributed by atoms with van der Waals surface area (Å²) in [6.45, 7) is 1.96. The number of hydrogen-bond donors (Lipinski definition) is 1. The second kappa shape index (κ2) is 7.26. The predicted octanol–water partition coefficient (Wildman–Crippen LogP) is 4.23. The van der Waals surface area contributed by atoms with Crippen LogP contribution in [0.4, 0.5) is 0 Å². The molecule has 3 aromatic carbocycles. The van der Waals surface area contributed by atoms with Gasteiger partial charge in [-0.15, -0.1) is 0 Å². The maximum atomic E-state index is 11.7. The van der Waals surface area contributed by atoms with Gasteiger partial charge in [0.15, 0.2) is 6.10 Å². The van der Waals surface area contributed by atoms with Crippen molar-refractivity contribution in [1.29, 1.82) is 0 Å². The number of carbonyl (C=O) groups is 1. The van der Waals surface area contributed by atoms with Gasteiger partial charge in [0.05, 0.1) is 7.11 Å². The highest BCUT2D eigenvalue weighted by molar-refractivity contribution is 5.84. The summed E-state index contributed by atoms with van der Waals surface area (Å²) in [6.07, 6.45) is -0.760. The molecule has 0 bridgehead atoms. The molecule has 0 amide bonds. The van der Waals surface area contributed by atoms with Crippen molar-refractivity contribution in [3.63, 3.8) is 0 Å². The maximum Gasteiger partial charge on any atom is 0.345 e. The molecule has 0 aliphatic rings. The van der Waals surface area contributed by atoms with Crippen LogP contribution in [0.15, 0.2) is 60.7 Å². The maximum absolute atomic E-state index is 11.7. The minimum Gasteiger partial charge on any atom is -0.496 e. The van der Waals surface area contributed by atoms with Gasteiger partial charge in [-0.1, -0.05) is 48.0 Å². The molecule has 0 aliphatic carbocycles. The highest BCUT2D eigenvalue weighted by Gasteiger charge is 2.22. The molecule has 0 unspecified atom stereocenters. The fraction of sp³-hybridized carbons (Fsp3) is 0.190. The molecule has 0 heterocycles. The van der Waals surface area contributed by atoms with E-state index in [1.165, 1.54) is 0 Å². The van der Waals surface area contributed by atoms with E-state index in [9.17, 15) is 9.90 Å². The van der Waals surface area contributed by atoms with Gasteiger partial charge in [-0.25, -0.2) is 4.79 Å². The zero-order valence-corrected chi connectivity index (χ0v) is 14.2. The Kier molecular flexibility index (Phi) is 4.89. The molecule has 4 nitrogen and oxygen atoms in total. The molecule has 0 saturated heterocycles.